The normalized spacial score (nSPS) is 21.1. The largest absolute Gasteiger partial charge is 0.368 e. The van der Waals surface area contributed by atoms with Crippen LogP contribution in [0.4, 0.5) is 5.69 Å². The van der Waals surface area contributed by atoms with E-state index in [-0.39, 0.29) is 5.91 Å². The highest BCUT2D eigenvalue weighted by Crippen LogP contribution is 2.30. The lowest BCUT2D eigenvalue weighted by molar-refractivity contribution is 0.0378. The summed E-state index contributed by atoms with van der Waals surface area (Å²) in [5, 5.41) is 4.21. The van der Waals surface area contributed by atoms with Crippen LogP contribution in [0.1, 0.15) is 34.5 Å². The molecular weight excluding hydrogens is 474 g/mol. The van der Waals surface area contributed by atoms with Gasteiger partial charge in [0.2, 0.25) is 0 Å². The van der Waals surface area contributed by atoms with Gasteiger partial charge in [-0.15, -0.1) is 0 Å². The van der Waals surface area contributed by atoms with E-state index in [2.05, 4.69) is 44.1 Å². The predicted molar refractivity (Wildman–Crippen MR) is 142 cm³/mol. The van der Waals surface area contributed by atoms with Gasteiger partial charge in [-0.1, -0.05) is 23.7 Å². The molecule has 36 heavy (non-hydrogen) atoms. The third kappa shape index (κ3) is 4.61. The summed E-state index contributed by atoms with van der Waals surface area (Å²) < 4.78 is 2.03. The lowest BCUT2D eigenvalue weighted by Crippen LogP contribution is -2.60. The average Bonchev–Trinajstić information content (AvgIpc) is 3.18. The predicted octanol–water partition coefficient (Wildman–Crippen LogP) is 3.06. The minimum atomic E-state index is -0.607. The molecule has 190 valence electrons. The molecule has 0 saturated carbocycles. The highest BCUT2D eigenvalue weighted by molar-refractivity contribution is 6.33. The van der Waals surface area contributed by atoms with E-state index in [9.17, 15) is 4.79 Å². The molecule has 2 aromatic heterocycles. The molecule has 4 heterocycles. The summed E-state index contributed by atoms with van der Waals surface area (Å²) in [6, 6.07) is 11.9. The first-order valence-electron chi connectivity index (χ1n) is 12.6. The number of para-hydroxylation sites is 1. The monoisotopic (exact) mass is 507 g/mol. The maximum atomic E-state index is 13.9. The van der Waals surface area contributed by atoms with Crippen molar-refractivity contribution >= 4 is 23.2 Å². The zero-order valence-electron chi connectivity index (χ0n) is 21.2. The molecule has 1 atom stereocenters. The Bertz CT molecular complexity index is 1220. The smallest absolute Gasteiger partial charge is 0.271 e. The van der Waals surface area contributed by atoms with E-state index >= 15 is 0 Å². The zero-order chi connectivity index (χ0) is 25.3. The third-order valence-electron chi connectivity index (χ3n) is 7.69. The molecule has 0 radical (unpaired) electrons. The molecule has 2 aliphatic rings. The lowest BCUT2D eigenvalue weighted by Gasteiger charge is -2.43. The van der Waals surface area contributed by atoms with Crippen LogP contribution in [0.25, 0.3) is 0 Å². The molecule has 1 amide bonds. The van der Waals surface area contributed by atoms with E-state index < -0.39 is 5.54 Å². The summed E-state index contributed by atoms with van der Waals surface area (Å²) in [5.74, 6) is 0.680. The van der Waals surface area contributed by atoms with Crippen LogP contribution >= 0.6 is 11.6 Å². The van der Waals surface area contributed by atoms with Crippen LogP contribution in [-0.4, -0.2) is 76.1 Å². The van der Waals surface area contributed by atoms with Crippen molar-refractivity contribution in [1.29, 1.82) is 0 Å². The zero-order valence-corrected chi connectivity index (χ0v) is 22.0. The minimum absolute atomic E-state index is 0.0202. The first-order chi connectivity index (χ1) is 17.4. The summed E-state index contributed by atoms with van der Waals surface area (Å²) in [6.07, 6.45) is 3.47. The van der Waals surface area contributed by atoms with Gasteiger partial charge in [0, 0.05) is 77.5 Å². The highest BCUT2D eigenvalue weighted by atomic mass is 35.5. The van der Waals surface area contributed by atoms with Gasteiger partial charge >= 0.3 is 0 Å². The number of piperazine rings is 2. The van der Waals surface area contributed by atoms with E-state index in [4.69, 9.17) is 11.6 Å². The summed E-state index contributed by atoms with van der Waals surface area (Å²) in [7, 11) is 1.99. The van der Waals surface area contributed by atoms with E-state index in [1.807, 2.05) is 41.6 Å². The number of nitrogens with zero attached hydrogens (tertiary/aromatic N) is 6. The van der Waals surface area contributed by atoms with Crippen LogP contribution in [-0.2, 0) is 19.1 Å². The lowest BCUT2D eigenvalue weighted by atomic mass is 9.95. The van der Waals surface area contributed by atoms with Crippen LogP contribution in [0.2, 0.25) is 5.02 Å². The van der Waals surface area contributed by atoms with E-state index in [0.717, 1.165) is 55.7 Å². The molecule has 5 rings (SSSR count). The van der Waals surface area contributed by atoms with Gasteiger partial charge in [0.15, 0.2) is 5.82 Å². The summed E-state index contributed by atoms with van der Waals surface area (Å²) in [5.41, 5.74) is 3.52. The Labute approximate surface area is 217 Å². The number of hydrogen-bond acceptors (Lipinski definition) is 6. The number of nitrogens with one attached hydrogen (secondary N) is 1. The van der Waals surface area contributed by atoms with Gasteiger partial charge in [0.25, 0.3) is 5.91 Å². The highest BCUT2D eigenvalue weighted by Gasteiger charge is 2.42. The number of halogens is 1. The fourth-order valence-corrected chi connectivity index (χ4v) is 5.58. The van der Waals surface area contributed by atoms with Crippen molar-refractivity contribution < 1.29 is 4.79 Å². The quantitative estimate of drug-likeness (QED) is 0.572. The Morgan fingerprint density at radius 2 is 1.81 bits per heavy atom. The van der Waals surface area contributed by atoms with Crippen molar-refractivity contribution in [2.75, 3.05) is 50.7 Å². The Morgan fingerprint density at radius 3 is 2.53 bits per heavy atom. The maximum Gasteiger partial charge on any atom is 0.271 e. The van der Waals surface area contributed by atoms with E-state index in [0.29, 0.717) is 24.6 Å². The number of carbonyl (C=O) groups is 1. The number of hydrogen-bond donors (Lipinski definition) is 1. The molecule has 2 saturated heterocycles. The maximum absolute atomic E-state index is 13.9. The number of rotatable bonds is 5. The molecule has 1 aromatic carbocycles. The van der Waals surface area contributed by atoms with E-state index in [1.165, 1.54) is 5.56 Å². The van der Waals surface area contributed by atoms with Crippen molar-refractivity contribution in [3.63, 3.8) is 0 Å². The van der Waals surface area contributed by atoms with Gasteiger partial charge in [0.1, 0.15) is 11.2 Å². The first-order valence-corrected chi connectivity index (χ1v) is 12.9. The fraction of sp³-hybridized carbons (Fsp3) is 0.444. The molecule has 1 N–H and O–H groups in total. The summed E-state index contributed by atoms with van der Waals surface area (Å²) >= 11 is 6.41. The fourth-order valence-electron chi connectivity index (χ4n) is 5.33. The van der Waals surface area contributed by atoms with Crippen LogP contribution in [0, 0.1) is 6.92 Å². The second-order valence-corrected chi connectivity index (χ2v) is 10.3. The molecule has 8 nitrogen and oxygen atoms in total. The van der Waals surface area contributed by atoms with Gasteiger partial charge < -0.3 is 19.7 Å². The van der Waals surface area contributed by atoms with Crippen molar-refractivity contribution in [3.05, 3.63) is 76.6 Å². The molecule has 3 aromatic rings. The standard InChI is InChI=1S/C27H34ClN7O/c1-20-21(18-33-13-15-34(16-14-33)23-8-5-4-7-22(23)28)17-24(32(20)3)25(36)35-12-11-29-19-27(35,2)26-30-9-6-10-31-26/h4-10,17,29H,11-16,18-19H2,1-3H3/t27-/m0/s1. The Hall–Kier alpha value is -2.94. The molecule has 0 bridgehead atoms. The average molecular weight is 508 g/mol. The Balaban J connectivity index is 1.31. The molecular formula is C27H34ClN7O. The molecule has 2 fully saturated rings. The van der Waals surface area contributed by atoms with Crippen LogP contribution in [0.3, 0.4) is 0 Å². The van der Waals surface area contributed by atoms with Crippen molar-refractivity contribution in [2.45, 2.75) is 25.9 Å². The van der Waals surface area contributed by atoms with Gasteiger partial charge in [-0.2, -0.15) is 0 Å². The SMILES string of the molecule is Cc1c(CN2CCN(c3ccccc3Cl)CC2)cc(C(=O)N2CCNC[C@@]2(C)c2ncccn2)n1C. The van der Waals surface area contributed by atoms with Crippen LogP contribution in [0.5, 0.6) is 0 Å². The molecule has 0 aliphatic carbocycles. The first kappa shape index (κ1) is 24.7. The van der Waals surface area contributed by atoms with Crippen molar-refractivity contribution in [3.8, 4) is 0 Å². The number of aromatic nitrogens is 3. The second-order valence-electron chi connectivity index (χ2n) is 9.89. The van der Waals surface area contributed by atoms with Crippen molar-refractivity contribution in [1.82, 2.24) is 29.7 Å². The van der Waals surface area contributed by atoms with Gasteiger partial charge in [-0.25, -0.2) is 9.97 Å². The Morgan fingerprint density at radius 1 is 1.08 bits per heavy atom. The number of anilines is 1. The minimum Gasteiger partial charge on any atom is -0.368 e. The molecule has 2 aliphatic heterocycles. The summed E-state index contributed by atoms with van der Waals surface area (Å²) in [6.45, 7) is 10.7. The Kier molecular flexibility index (Phi) is 7.01. The summed E-state index contributed by atoms with van der Waals surface area (Å²) in [4.78, 5) is 29.6. The molecule has 9 heteroatoms. The molecule has 0 unspecified atom stereocenters. The van der Waals surface area contributed by atoms with Crippen molar-refractivity contribution in [2.24, 2.45) is 7.05 Å². The second kappa shape index (κ2) is 10.2. The number of benzene rings is 1. The van der Waals surface area contributed by atoms with Crippen LogP contribution in [0.15, 0.2) is 48.8 Å². The van der Waals surface area contributed by atoms with Crippen LogP contribution < -0.4 is 10.2 Å². The molecule has 0 spiro atoms. The van der Waals surface area contributed by atoms with Gasteiger partial charge in [-0.3, -0.25) is 9.69 Å². The topological polar surface area (TPSA) is 69.5 Å². The number of amides is 1. The van der Waals surface area contributed by atoms with E-state index in [1.54, 1.807) is 18.5 Å². The number of carbonyl (C=O) groups excluding carboxylic acids is 1. The third-order valence-corrected chi connectivity index (χ3v) is 8.01. The van der Waals surface area contributed by atoms with Gasteiger partial charge in [0.05, 0.1) is 10.7 Å². The van der Waals surface area contributed by atoms with Gasteiger partial charge in [-0.05, 0) is 43.7 Å².